The van der Waals surface area contributed by atoms with E-state index in [0.29, 0.717) is 5.56 Å². The summed E-state index contributed by atoms with van der Waals surface area (Å²) in [7, 11) is 0. The maximum absolute atomic E-state index is 12.9. The number of phenolic OH excluding ortho intramolecular Hbond substituents is 1. The van der Waals surface area contributed by atoms with Crippen LogP contribution in [-0.4, -0.2) is 17.8 Å². The van der Waals surface area contributed by atoms with Crippen molar-refractivity contribution in [2.75, 3.05) is 6.61 Å². The molecule has 1 saturated heterocycles. The smallest absolute Gasteiger partial charge is 0.407 e. The van der Waals surface area contributed by atoms with E-state index in [1.807, 2.05) is 0 Å². The first kappa shape index (κ1) is 11.6. The van der Waals surface area contributed by atoms with E-state index >= 15 is 0 Å². The van der Waals surface area contributed by atoms with Crippen molar-refractivity contribution >= 4 is 18.5 Å². The number of cyclic esters (lactones) is 1. The Morgan fingerprint density at radius 3 is 2.80 bits per heavy atom. The number of alkyl carbamates (subject to hydrolysis) is 1. The Bertz CT molecular complexity index is 386. The van der Waals surface area contributed by atoms with Crippen molar-refractivity contribution in [1.82, 2.24) is 5.32 Å². The molecule has 2 rings (SSSR count). The van der Waals surface area contributed by atoms with Gasteiger partial charge in [0.05, 0.1) is 6.04 Å². The van der Waals surface area contributed by atoms with Crippen LogP contribution in [0.4, 0.5) is 9.18 Å². The largest absolute Gasteiger partial charge is 0.505 e. The minimum Gasteiger partial charge on any atom is -0.505 e. The molecule has 15 heavy (non-hydrogen) atoms. The minimum atomic E-state index is -0.705. The third-order valence-corrected chi connectivity index (χ3v) is 2.05. The Kier molecular flexibility index (Phi) is 3.36. The van der Waals surface area contributed by atoms with Crippen LogP contribution in [-0.2, 0) is 4.74 Å². The number of hydrogen-bond donors (Lipinski definition) is 2. The van der Waals surface area contributed by atoms with Crippen LogP contribution in [0.5, 0.6) is 5.75 Å². The van der Waals surface area contributed by atoms with E-state index in [1.54, 1.807) is 0 Å². The van der Waals surface area contributed by atoms with E-state index in [9.17, 15) is 9.18 Å². The van der Waals surface area contributed by atoms with Gasteiger partial charge in [-0.3, -0.25) is 0 Å². The van der Waals surface area contributed by atoms with Gasteiger partial charge in [0.15, 0.2) is 11.6 Å². The fourth-order valence-electron chi connectivity index (χ4n) is 1.30. The molecule has 1 amide bonds. The normalized spacial score (nSPS) is 19.0. The average Bonchev–Trinajstić information content (AvgIpc) is 2.57. The van der Waals surface area contributed by atoms with Crippen LogP contribution in [0.3, 0.4) is 0 Å². The molecular weight excluding hydrogens is 225 g/mol. The van der Waals surface area contributed by atoms with E-state index in [1.165, 1.54) is 18.2 Å². The zero-order valence-corrected chi connectivity index (χ0v) is 8.38. The zero-order chi connectivity index (χ0) is 10.1. The molecule has 4 nitrogen and oxygen atoms in total. The molecule has 1 aromatic rings. The van der Waals surface area contributed by atoms with Crippen molar-refractivity contribution in [2.45, 2.75) is 6.04 Å². The van der Waals surface area contributed by atoms with Crippen molar-refractivity contribution in [3.05, 3.63) is 29.6 Å². The Labute approximate surface area is 91.5 Å². The first-order chi connectivity index (χ1) is 6.66. The van der Waals surface area contributed by atoms with E-state index in [0.717, 1.165) is 0 Å². The highest BCUT2D eigenvalue weighted by Crippen LogP contribution is 2.23. The van der Waals surface area contributed by atoms with Gasteiger partial charge in [0.2, 0.25) is 0 Å². The second-order valence-electron chi connectivity index (χ2n) is 3.01. The van der Waals surface area contributed by atoms with E-state index in [2.05, 4.69) is 10.1 Å². The standard InChI is InChI=1S/C9H8FNO3.ClH/c10-6-3-5(1-2-8(6)12)7-4-14-9(13)11-7;/h1-3,7,12H,4H2,(H,11,13);1H/t7-;/m1./s1. The molecule has 0 bridgehead atoms. The predicted molar refractivity (Wildman–Crippen MR) is 52.5 cm³/mol. The molecule has 1 atom stereocenters. The van der Waals surface area contributed by atoms with Crippen LogP contribution >= 0.6 is 12.4 Å². The summed E-state index contributed by atoms with van der Waals surface area (Å²) in [4.78, 5) is 10.7. The molecule has 1 aromatic carbocycles. The number of aromatic hydroxyl groups is 1. The summed E-state index contributed by atoms with van der Waals surface area (Å²) in [6.45, 7) is 0.184. The summed E-state index contributed by atoms with van der Waals surface area (Å²) < 4.78 is 17.6. The number of halogens is 2. The second kappa shape index (κ2) is 4.35. The van der Waals surface area contributed by atoms with Gasteiger partial charge in [-0.1, -0.05) is 6.07 Å². The Hall–Kier alpha value is -1.49. The van der Waals surface area contributed by atoms with Crippen molar-refractivity contribution < 1.29 is 19.0 Å². The van der Waals surface area contributed by atoms with E-state index < -0.39 is 17.7 Å². The highest BCUT2D eigenvalue weighted by Gasteiger charge is 2.24. The van der Waals surface area contributed by atoms with Crippen LogP contribution in [0.15, 0.2) is 18.2 Å². The highest BCUT2D eigenvalue weighted by molar-refractivity contribution is 5.85. The summed E-state index contributed by atoms with van der Waals surface area (Å²) >= 11 is 0. The fraction of sp³-hybridized carbons (Fsp3) is 0.222. The van der Waals surface area contributed by atoms with Gasteiger partial charge in [0.25, 0.3) is 0 Å². The molecule has 0 spiro atoms. The minimum absolute atomic E-state index is 0. The maximum atomic E-state index is 12.9. The van der Waals surface area contributed by atoms with Gasteiger partial charge in [-0.2, -0.15) is 0 Å². The molecule has 0 saturated carbocycles. The molecule has 0 radical (unpaired) electrons. The first-order valence-electron chi connectivity index (χ1n) is 4.08. The van der Waals surface area contributed by atoms with Gasteiger partial charge in [-0.15, -0.1) is 12.4 Å². The third kappa shape index (κ3) is 2.30. The Morgan fingerprint density at radius 2 is 2.27 bits per heavy atom. The van der Waals surface area contributed by atoms with Crippen molar-refractivity contribution in [2.24, 2.45) is 0 Å². The van der Waals surface area contributed by atoms with E-state index in [4.69, 9.17) is 5.11 Å². The Morgan fingerprint density at radius 1 is 1.53 bits per heavy atom. The van der Waals surface area contributed by atoms with Gasteiger partial charge in [0.1, 0.15) is 6.61 Å². The molecule has 6 heteroatoms. The van der Waals surface area contributed by atoms with Gasteiger partial charge >= 0.3 is 6.09 Å². The van der Waals surface area contributed by atoms with Gasteiger partial charge in [-0.25, -0.2) is 9.18 Å². The first-order valence-corrected chi connectivity index (χ1v) is 4.08. The van der Waals surface area contributed by atoms with Crippen LogP contribution in [0.25, 0.3) is 0 Å². The number of benzene rings is 1. The number of hydrogen-bond acceptors (Lipinski definition) is 3. The SMILES string of the molecule is Cl.O=C1N[C@@H](c2ccc(O)c(F)c2)CO1. The second-order valence-corrected chi connectivity index (χ2v) is 3.01. The lowest BCUT2D eigenvalue weighted by atomic mass is 10.1. The number of nitrogens with one attached hydrogen (secondary N) is 1. The molecule has 1 heterocycles. The summed E-state index contributed by atoms with van der Waals surface area (Å²) in [5, 5.41) is 11.5. The number of carbonyl (C=O) groups is 1. The van der Waals surface area contributed by atoms with Crippen LogP contribution in [0.1, 0.15) is 11.6 Å². The zero-order valence-electron chi connectivity index (χ0n) is 7.57. The molecule has 1 aliphatic rings. The highest BCUT2D eigenvalue weighted by atomic mass is 35.5. The maximum Gasteiger partial charge on any atom is 0.407 e. The van der Waals surface area contributed by atoms with Crippen molar-refractivity contribution in [3.63, 3.8) is 0 Å². The van der Waals surface area contributed by atoms with Gasteiger partial charge in [-0.05, 0) is 17.7 Å². The summed E-state index contributed by atoms with van der Waals surface area (Å²) in [6, 6.07) is 3.62. The summed E-state index contributed by atoms with van der Waals surface area (Å²) in [5.74, 6) is -1.11. The lowest BCUT2D eigenvalue weighted by Gasteiger charge is -2.07. The van der Waals surface area contributed by atoms with Gasteiger partial charge < -0.3 is 15.2 Å². The number of amides is 1. The van der Waals surface area contributed by atoms with Crippen molar-refractivity contribution in [3.8, 4) is 5.75 Å². The number of rotatable bonds is 1. The number of carbonyl (C=O) groups excluding carboxylic acids is 1. The molecule has 1 fully saturated rings. The average molecular weight is 234 g/mol. The molecule has 2 N–H and O–H groups in total. The van der Waals surface area contributed by atoms with Crippen LogP contribution in [0.2, 0.25) is 0 Å². The summed E-state index contributed by atoms with van der Waals surface area (Å²) in [5.41, 5.74) is 0.575. The molecule has 0 aliphatic carbocycles. The molecule has 1 aliphatic heterocycles. The lowest BCUT2D eigenvalue weighted by Crippen LogP contribution is -2.18. The molecular formula is C9H9ClFNO3. The predicted octanol–water partition coefficient (Wildman–Crippen LogP) is 1.73. The molecule has 0 aromatic heterocycles. The molecule has 0 unspecified atom stereocenters. The van der Waals surface area contributed by atoms with Crippen LogP contribution in [0, 0.1) is 5.82 Å². The van der Waals surface area contributed by atoms with E-state index in [-0.39, 0.29) is 25.1 Å². The fourth-order valence-corrected chi connectivity index (χ4v) is 1.30. The topological polar surface area (TPSA) is 58.6 Å². The molecule has 82 valence electrons. The quantitative estimate of drug-likeness (QED) is 0.777. The Balaban J connectivity index is 0.00000112. The van der Waals surface area contributed by atoms with Crippen molar-refractivity contribution in [1.29, 1.82) is 0 Å². The third-order valence-electron chi connectivity index (χ3n) is 2.05. The number of ether oxygens (including phenoxy) is 1. The van der Waals surface area contributed by atoms with Crippen LogP contribution < -0.4 is 5.32 Å². The van der Waals surface area contributed by atoms with Gasteiger partial charge in [0, 0.05) is 0 Å². The lowest BCUT2D eigenvalue weighted by molar-refractivity contribution is 0.177. The summed E-state index contributed by atoms with van der Waals surface area (Å²) in [6.07, 6.45) is -0.511. The number of phenols is 1. The monoisotopic (exact) mass is 233 g/mol.